The van der Waals surface area contributed by atoms with E-state index < -0.39 is 9.84 Å². The first-order chi connectivity index (χ1) is 4.91. The molecule has 2 N–H and O–H groups in total. The summed E-state index contributed by atoms with van der Waals surface area (Å²) in [6.07, 6.45) is 2.15. The largest absolute Gasteiger partial charge is 0.325 e. The maximum atomic E-state index is 11.1. The van der Waals surface area contributed by atoms with Crippen LogP contribution in [0, 0.1) is 0 Å². The van der Waals surface area contributed by atoms with Gasteiger partial charge >= 0.3 is 0 Å². The molecule has 1 rings (SSSR count). The van der Waals surface area contributed by atoms with Gasteiger partial charge in [0.1, 0.15) is 9.84 Å². The zero-order valence-corrected chi connectivity index (χ0v) is 7.65. The van der Waals surface area contributed by atoms with Crippen molar-refractivity contribution in [2.24, 2.45) is 5.73 Å². The van der Waals surface area contributed by atoms with Gasteiger partial charge < -0.3 is 5.73 Å². The molecule has 0 radical (unpaired) electrons. The summed E-state index contributed by atoms with van der Waals surface area (Å²) in [5.74, 6) is 0.583. The molecule has 1 atom stereocenters. The third-order valence-electron chi connectivity index (χ3n) is 2.19. The Balaban J connectivity index is 2.68. The number of nitrogens with two attached hydrogens (primary N) is 1. The fourth-order valence-corrected chi connectivity index (χ4v) is 2.88. The van der Waals surface area contributed by atoms with Crippen molar-refractivity contribution in [3.63, 3.8) is 0 Å². The maximum absolute atomic E-state index is 11.1. The van der Waals surface area contributed by atoms with Crippen molar-refractivity contribution in [1.82, 2.24) is 0 Å². The minimum Gasteiger partial charge on any atom is -0.325 e. The average molecular weight is 177 g/mol. The van der Waals surface area contributed by atoms with Gasteiger partial charge in [-0.25, -0.2) is 8.42 Å². The molecule has 0 saturated carbocycles. The van der Waals surface area contributed by atoms with Gasteiger partial charge in [0.25, 0.3) is 0 Å². The van der Waals surface area contributed by atoms with Crippen molar-refractivity contribution in [2.45, 2.75) is 31.7 Å². The van der Waals surface area contributed by atoms with Crippen molar-refractivity contribution < 1.29 is 8.42 Å². The third-order valence-corrected chi connectivity index (χ3v) is 3.92. The van der Waals surface area contributed by atoms with Gasteiger partial charge in [-0.1, -0.05) is 0 Å². The Morgan fingerprint density at radius 2 is 1.91 bits per heavy atom. The molecule has 0 spiro atoms. The highest BCUT2D eigenvalue weighted by molar-refractivity contribution is 7.91. The summed E-state index contributed by atoms with van der Waals surface area (Å²) >= 11 is 0. The Hall–Kier alpha value is -0.0900. The topological polar surface area (TPSA) is 60.2 Å². The fraction of sp³-hybridized carbons (Fsp3) is 1.00. The molecule has 1 aliphatic rings. The molecule has 3 nitrogen and oxygen atoms in total. The van der Waals surface area contributed by atoms with Crippen molar-refractivity contribution >= 4 is 9.84 Å². The summed E-state index contributed by atoms with van der Waals surface area (Å²) in [5.41, 5.74) is 5.57. The zero-order chi connectivity index (χ0) is 8.54. The number of hydrogen-bond acceptors (Lipinski definition) is 3. The van der Waals surface area contributed by atoms with E-state index in [9.17, 15) is 8.42 Å². The van der Waals surface area contributed by atoms with E-state index in [1.54, 1.807) is 0 Å². The quantitative estimate of drug-likeness (QED) is 0.579. The molecule has 1 aliphatic heterocycles. The van der Waals surface area contributed by atoms with Gasteiger partial charge in [0, 0.05) is 5.54 Å². The van der Waals surface area contributed by atoms with E-state index in [1.807, 2.05) is 6.92 Å². The van der Waals surface area contributed by atoms with Crippen LogP contribution in [0.25, 0.3) is 0 Å². The van der Waals surface area contributed by atoms with E-state index in [-0.39, 0.29) is 11.3 Å². The summed E-state index contributed by atoms with van der Waals surface area (Å²) in [5, 5.41) is 0. The molecule has 1 unspecified atom stereocenters. The predicted molar refractivity (Wildman–Crippen MR) is 45.1 cm³/mol. The summed E-state index contributed by atoms with van der Waals surface area (Å²) in [4.78, 5) is 0. The number of hydrogen-bond donors (Lipinski definition) is 1. The van der Waals surface area contributed by atoms with Gasteiger partial charge in [-0.3, -0.25) is 0 Å². The van der Waals surface area contributed by atoms with Gasteiger partial charge in [0.2, 0.25) is 0 Å². The molecular weight excluding hydrogens is 162 g/mol. The van der Waals surface area contributed by atoms with E-state index in [0.29, 0.717) is 12.2 Å². The SMILES string of the molecule is CC1(N)CCCS(=O)(=O)CC1. The molecule has 0 amide bonds. The van der Waals surface area contributed by atoms with Crippen molar-refractivity contribution in [2.75, 3.05) is 11.5 Å². The van der Waals surface area contributed by atoms with Crippen LogP contribution in [0.2, 0.25) is 0 Å². The minimum absolute atomic E-state index is 0.260. The molecular formula is C7H15NO2S. The van der Waals surface area contributed by atoms with Gasteiger partial charge in [-0.15, -0.1) is 0 Å². The van der Waals surface area contributed by atoms with Crippen LogP contribution in [0.1, 0.15) is 26.2 Å². The Morgan fingerprint density at radius 1 is 1.27 bits per heavy atom. The molecule has 0 aromatic heterocycles. The van der Waals surface area contributed by atoms with Crippen molar-refractivity contribution in [3.8, 4) is 0 Å². The Bertz CT molecular complexity index is 231. The molecule has 1 fully saturated rings. The van der Waals surface area contributed by atoms with Crippen LogP contribution in [0.15, 0.2) is 0 Å². The van der Waals surface area contributed by atoms with Crippen LogP contribution in [0.4, 0.5) is 0 Å². The van der Waals surface area contributed by atoms with Crippen molar-refractivity contribution in [1.29, 1.82) is 0 Å². The summed E-state index contributed by atoms with van der Waals surface area (Å²) < 4.78 is 22.2. The van der Waals surface area contributed by atoms with Crippen LogP contribution >= 0.6 is 0 Å². The number of rotatable bonds is 0. The molecule has 4 heteroatoms. The van der Waals surface area contributed by atoms with E-state index in [4.69, 9.17) is 5.73 Å². The Labute approximate surface area is 67.9 Å². The monoisotopic (exact) mass is 177 g/mol. The van der Waals surface area contributed by atoms with Crippen LogP contribution in [0.3, 0.4) is 0 Å². The first kappa shape index (κ1) is 9.00. The summed E-state index contributed by atoms with van der Waals surface area (Å²) in [7, 11) is -2.77. The van der Waals surface area contributed by atoms with Crippen LogP contribution in [-0.2, 0) is 9.84 Å². The first-order valence-electron chi connectivity index (χ1n) is 3.91. The molecule has 0 bridgehead atoms. The lowest BCUT2D eigenvalue weighted by Crippen LogP contribution is -2.36. The Morgan fingerprint density at radius 3 is 2.55 bits per heavy atom. The van der Waals surface area contributed by atoms with Gasteiger partial charge in [-0.05, 0) is 26.2 Å². The lowest BCUT2D eigenvalue weighted by molar-refractivity contribution is 0.423. The summed E-state index contributed by atoms with van der Waals surface area (Å²) in [6.45, 7) is 1.92. The zero-order valence-electron chi connectivity index (χ0n) is 6.84. The Kier molecular flexibility index (Phi) is 2.25. The average Bonchev–Trinajstić information content (AvgIpc) is 1.92. The second kappa shape index (κ2) is 2.75. The van der Waals surface area contributed by atoms with Gasteiger partial charge in [0.15, 0.2) is 0 Å². The smallest absolute Gasteiger partial charge is 0.150 e. The van der Waals surface area contributed by atoms with Crippen LogP contribution in [0.5, 0.6) is 0 Å². The first-order valence-corrected chi connectivity index (χ1v) is 5.73. The summed E-state index contributed by atoms with van der Waals surface area (Å²) in [6, 6.07) is 0. The van der Waals surface area contributed by atoms with E-state index >= 15 is 0 Å². The molecule has 66 valence electrons. The predicted octanol–water partition coefficient (Wildman–Crippen LogP) is 0.302. The third kappa shape index (κ3) is 2.79. The van der Waals surface area contributed by atoms with Crippen LogP contribution < -0.4 is 5.73 Å². The van der Waals surface area contributed by atoms with Gasteiger partial charge in [-0.2, -0.15) is 0 Å². The second-order valence-corrected chi connectivity index (χ2v) is 5.96. The maximum Gasteiger partial charge on any atom is 0.150 e. The van der Waals surface area contributed by atoms with Crippen molar-refractivity contribution in [3.05, 3.63) is 0 Å². The molecule has 0 aliphatic carbocycles. The lowest BCUT2D eigenvalue weighted by Gasteiger charge is -2.20. The highest BCUT2D eigenvalue weighted by Gasteiger charge is 2.26. The van der Waals surface area contributed by atoms with E-state index in [0.717, 1.165) is 12.8 Å². The second-order valence-electron chi connectivity index (χ2n) is 3.66. The fourth-order valence-electron chi connectivity index (χ4n) is 1.31. The molecule has 1 heterocycles. The number of sulfone groups is 1. The highest BCUT2D eigenvalue weighted by Crippen LogP contribution is 2.19. The molecule has 0 aromatic rings. The van der Waals surface area contributed by atoms with E-state index in [1.165, 1.54) is 0 Å². The highest BCUT2D eigenvalue weighted by atomic mass is 32.2. The normalized spacial score (nSPS) is 38.0. The molecule has 0 aromatic carbocycles. The molecule has 11 heavy (non-hydrogen) atoms. The van der Waals surface area contributed by atoms with E-state index in [2.05, 4.69) is 0 Å². The lowest BCUT2D eigenvalue weighted by atomic mass is 9.95. The van der Waals surface area contributed by atoms with Gasteiger partial charge in [0.05, 0.1) is 11.5 Å². The van der Waals surface area contributed by atoms with Crippen LogP contribution in [-0.4, -0.2) is 25.5 Å². The standard InChI is InChI=1S/C7H15NO2S/c1-7(8)3-2-5-11(9,10)6-4-7/h2-6,8H2,1H3. The molecule has 1 saturated heterocycles. The minimum atomic E-state index is -2.77.